The summed E-state index contributed by atoms with van der Waals surface area (Å²) in [7, 11) is 0. The number of nitrogens with zero attached hydrogens (tertiary/aromatic N) is 3. The third-order valence-corrected chi connectivity index (χ3v) is 5.64. The molecule has 0 bridgehead atoms. The predicted octanol–water partition coefficient (Wildman–Crippen LogP) is 4.83. The van der Waals surface area contributed by atoms with Crippen LogP contribution in [0.4, 0.5) is 0 Å². The van der Waals surface area contributed by atoms with Crippen molar-refractivity contribution >= 4 is 10.8 Å². The molecule has 0 amide bonds. The van der Waals surface area contributed by atoms with Crippen LogP contribution in [-0.4, -0.2) is 49.1 Å². The molecular formula is C24H33N3O. The summed E-state index contributed by atoms with van der Waals surface area (Å²) in [5.41, 5.74) is 1.32. The number of piperazine rings is 1. The van der Waals surface area contributed by atoms with Crippen molar-refractivity contribution < 1.29 is 4.74 Å². The molecule has 4 heteroatoms. The van der Waals surface area contributed by atoms with Crippen LogP contribution in [-0.2, 0) is 6.54 Å². The number of benzene rings is 2. The van der Waals surface area contributed by atoms with E-state index in [1.54, 1.807) is 0 Å². The van der Waals surface area contributed by atoms with E-state index in [1.807, 2.05) is 0 Å². The van der Waals surface area contributed by atoms with Gasteiger partial charge in [0, 0.05) is 51.3 Å². The lowest BCUT2D eigenvalue weighted by molar-refractivity contribution is 0.128. The number of rotatable bonds is 10. The lowest BCUT2D eigenvalue weighted by Crippen LogP contribution is -2.46. The summed E-state index contributed by atoms with van der Waals surface area (Å²) in [6, 6.07) is 15.2. The molecule has 1 aliphatic rings. The van der Waals surface area contributed by atoms with Crippen LogP contribution in [0.25, 0.3) is 10.8 Å². The lowest BCUT2D eigenvalue weighted by Gasteiger charge is -2.34. The van der Waals surface area contributed by atoms with E-state index in [4.69, 9.17) is 10.00 Å². The van der Waals surface area contributed by atoms with Crippen molar-refractivity contribution in [2.45, 2.75) is 45.6 Å². The Balaban J connectivity index is 1.67. The second kappa shape index (κ2) is 11.0. The zero-order valence-corrected chi connectivity index (χ0v) is 17.2. The molecule has 0 saturated carbocycles. The summed E-state index contributed by atoms with van der Waals surface area (Å²) in [6.07, 6.45) is 5.52. The van der Waals surface area contributed by atoms with Crippen molar-refractivity contribution in [3.05, 3.63) is 42.0 Å². The van der Waals surface area contributed by atoms with Gasteiger partial charge in [0.2, 0.25) is 0 Å². The Morgan fingerprint density at radius 1 is 0.964 bits per heavy atom. The van der Waals surface area contributed by atoms with Crippen LogP contribution in [0.1, 0.15) is 44.6 Å². The molecule has 2 aromatic carbocycles. The van der Waals surface area contributed by atoms with Crippen molar-refractivity contribution in [2.24, 2.45) is 0 Å². The number of nitriles is 1. The van der Waals surface area contributed by atoms with Gasteiger partial charge in [-0.05, 0) is 23.3 Å². The molecule has 0 atom stereocenters. The average Bonchev–Trinajstić information content (AvgIpc) is 2.74. The molecule has 1 heterocycles. The van der Waals surface area contributed by atoms with Gasteiger partial charge < -0.3 is 4.74 Å². The van der Waals surface area contributed by atoms with E-state index >= 15 is 0 Å². The van der Waals surface area contributed by atoms with Crippen molar-refractivity contribution in [2.75, 3.05) is 39.3 Å². The first-order valence-corrected chi connectivity index (χ1v) is 10.8. The van der Waals surface area contributed by atoms with Crippen molar-refractivity contribution in [1.82, 2.24) is 9.80 Å². The molecule has 3 rings (SSSR count). The highest BCUT2D eigenvalue weighted by Crippen LogP contribution is 2.30. The van der Waals surface area contributed by atoms with Crippen LogP contribution < -0.4 is 4.74 Å². The second-order valence-corrected chi connectivity index (χ2v) is 7.70. The monoisotopic (exact) mass is 379 g/mol. The largest absolute Gasteiger partial charge is 0.493 e. The first-order chi connectivity index (χ1) is 13.8. The summed E-state index contributed by atoms with van der Waals surface area (Å²) in [4.78, 5) is 4.92. The Morgan fingerprint density at radius 2 is 1.75 bits per heavy atom. The summed E-state index contributed by atoms with van der Waals surface area (Å²) in [5.74, 6) is 1.04. The highest BCUT2D eigenvalue weighted by atomic mass is 16.5. The van der Waals surface area contributed by atoms with E-state index in [9.17, 15) is 0 Å². The van der Waals surface area contributed by atoms with Crippen LogP contribution in [0.5, 0.6) is 5.75 Å². The summed E-state index contributed by atoms with van der Waals surface area (Å²) < 4.78 is 6.23. The van der Waals surface area contributed by atoms with Crippen LogP contribution in [0, 0.1) is 11.3 Å². The molecular weight excluding hydrogens is 346 g/mol. The molecule has 0 N–H and O–H groups in total. The molecule has 0 spiro atoms. The van der Waals surface area contributed by atoms with Gasteiger partial charge in [-0.1, -0.05) is 56.5 Å². The van der Waals surface area contributed by atoms with Crippen LogP contribution in [0.3, 0.4) is 0 Å². The fraction of sp³-hybridized carbons (Fsp3) is 0.542. The van der Waals surface area contributed by atoms with Crippen LogP contribution in [0.2, 0.25) is 0 Å². The van der Waals surface area contributed by atoms with Gasteiger partial charge in [0.1, 0.15) is 5.75 Å². The van der Waals surface area contributed by atoms with E-state index in [-0.39, 0.29) is 0 Å². The van der Waals surface area contributed by atoms with Crippen LogP contribution in [0.15, 0.2) is 36.4 Å². The number of hydrogen-bond acceptors (Lipinski definition) is 4. The maximum absolute atomic E-state index is 8.79. The molecule has 0 aromatic heterocycles. The van der Waals surface area contributed by atoms with Crippen LogP contribution >= 0.6 is 0 Å². The zero-order chi connectivity index (χ0) is 19.6. The van der Waals surface area contributed by atoms with Gasteiger partial charge in [0.05, 0.1) is 12.7 Å². The minimum atomic E-state index is 0.624. The maximum atomic E-state index is 8.79. The third-order valence-electron chi connectivity index (χ3n) is 5.64. The zero-order valence-electron chi connectivity index (χ0n) is 17.2. The van der Waals surface area contributed by atoms with Crippen molar-refractivity contribution in [3.63, 3.8) is 0 Å². The van der Waals surface area contributed by atoms with Gasteiger partial charge in [-0.25, -0.2) is 0 Å². The topological polar surface area (TPSA) is 39.5 Å². The smallest absolute Gasteiger partial charge is 0.124 e. The van der Waals surface area contributed by atoms with Gasteiger partial charge in [0.25, 0.3) is 0 Å². The van der Waals surface area contributed by atoms with E-state index in [1.165, 1.54) is 35.6 Å². The maximum Gasteiger partial charge on any atom is 0.124 e. The summed E-state index contributed by atoms with van der Waals surface area (Å²) >= 11 is 0. The quantitative estimate of drug-likeness (QED) is 0.554. The lowest BCUT2D eigenvalue weighted by atomic mass is 10.0. The SMILES string of the molecule is CCCCCCOc1ccc2ccccc2c1CN1CCN(CCC#N)CC1. The molecule has 28 heavy (non-hydrogen) atoms. The summed E-state index contributed by atoms with van der Waals surface area (Å²) in [6.45, 7) is 9.03. The fourth-order valence-corrected chi connectivity index (χ4v) is 3.93. The Bertz CT molecular complexity index is 775. The van der Waals surface area contributed by atoms with Gasteiger partial charge >= 0.3 is 0 Å². The number of hydrogen-bond donors (Lipinski definition) is 0. The molecule has 1 fully saturated rings. The molecule has 2 aromatic rings. The molecule has 1 saturated heterocycles. The Labute approximate surface area is 169 Å². The van der Waals surface area contributed by atoms with E-state index in [0.29, 0.717) is 6.42 Å². The molecule has 0 radical (unpaired) electrons. The predicted molar refractivity (Wildman–Crippen MR) is 116 cm³/mol. The molecule has 4 nitrogen and oxygen atoms in total. The van der Waals surface area contributed by atoms with Gasteiger partial charge in [0.15, 0.2) is 0 Å². The second-order valence-electron chi connectivity index (χ2n) is 7.70. The van der Waals surface area contributed by atoms with E-state index < -0.39 is 0 Å². The van der Waals surface area contributed by atoms with E-state index in [0.717, 1.165) is 58.0 Å². The van der Waals surface area contributed by atoms with Gasteiger partial charge in [-0.2, -0.15) is 5.26 Å². The number of unbranched alkanes of at least 4 members (excludes halogenated alkanes) is 3. The molecule has 0 unspecified atom stereocenters. The first-order valence-electron chi connectivity index (χ1n) is 10.8. The van der Waals surface area contributed by atoms with Gasteiger partial charge in [-0.15, -0.1) is 0 Å². The molecule has 1 aliphatic heterocycles. The normalized spacial score (nSPS) is 15.6. The Kier molecular flexibility index (Phi) is 8.14. The fourth-order valence-electron chi connectivity index (χ4n) is 3.93. The number of fused-ring (bicyclic) bond motifs is 1. The Hall–Kier alpha value is -2.09. The standard InChI is InChI=1S/C24H33N3O/c1-2-3-4-7-19-28-24-12-11-21-9-5-6-10-22(21)23(24)20-27-17-15-26(16-18-27)14-8-13-25/h5-6,9-12H,2-4,7-8,14-20H2,1H3. The number of ether oxygens (including phenoxy) is 1. The van der Waals surface area contributed by atoms with Crippen molar-refractivity contribution in [1.29, 1.82) is 5.26 Å². The molecule has 150 valence electrons. The van der Waals surface area contributed by atoms with E-state index in [2.05, 4.69) is 59.2 Å². The minimum absolute atomic E-state index is 0.624. The highest BCUT2D eigenvalue weighted by Gasteiger charge is 2.19. The molecule has 0 aliphatic carbocycles. The van der Waals surface area contributed by atoms with Crippen molar-refractivity contribution in [3.8, 4) is 11.8 Å². The third kappa shape index (κ3) is 5.70. The Morgan fingerprint density at radius 3 is 2.54 bits per heavy atom. The highest BCUT2D eigenvalue weighted by molar-refractivity contribution is 5.87. The average molecular weight is 380 g/mol. The minimum Gasteiger partial charge on any atom is -0.493 e. The van der Waals surface area contributed by atoms with Gasteiger partial charge in [-0.3, -0.25) is 9.80 Å². The summed E-state index contributed by atoms with van der Waals surface area (Å²) in [5, 5.41) is 11.4. The first kappa shape index (κ1) is 20.6.